The van der Waals surface area contributed by atoms with Crippen molar-refractivity contribution >= 4 is 0 Å². The van der Waals surface area contributed by atoms with Crippen LogP contribution in [0.5, 0.6) is 5.75 Å². The molecule has 0 amide bonds. The Morgan fingerprint density at radius 1 is 1.21 bits per heavy atom. The molecule has 2 N–H and O–H groups in total. The van der Waals surface area contributed by atoms with Gasteiger partial charge in [0.25, 0.3) is 0 Å². The van der Waals surface area contributed by atoms with E-state index in [1.165, 1.54) is 17.2 Å². The monoisotopic (exact) mass is 259 g/mol. The number of hydrogen-bond donors (Lipinski definition) is 2. The van der Waals surface area contributed by atoms with Crippen LogP contribution in [0.3, 0.4) is 0 Å². The first-order valence-electron chi connectivity index (χ1n) is 6.33. The van der Waals surface area contributed by atoms with Crippen LogP contribution >= 0.6 is 0 Å². The molecule has 0 fully saturated rings. The van der Waals surface area contributed by atoms with Gasteiger partial charge in [-0.05, 0) is 42.7 Å². The van der Waals surface area contributed by atoms with Crippen molar-refractivity contribution in [2.45, 2.75) is 26.4 Å². The van der Waals surface area contributed by atoms with Crippen molar-refractivity contribution in [2.75, 3.05) is 0 Å². The molecule has 0 aliphatic rings. The van der Waals surface area contributed by atoms with Gasteiger partial charge in [-0.15, -0.1) is 0 Å². The smallest absolute Gasteiger partial charge is 0.127 e. The first-order chi connectivity index (χ1) is 9.06. The molecule has 19 heavy (non-hydrogen) atoms. The number of aromatic hydroxyl groups is 1. The van der Waals surface area contributed by atoms with E-state index in [0.717, 1.165) is 11.6 Å². The molecule has 0 aliphatic heterocycles. The lowest BCUT2D eigenvalue weighted by Crippen LogP contribution is -2.18. The van der Waals surface area contributed by atoms with Crippen molar-refractivity contribution in [2.24, 2.45) is 0 Å². The molecule has 0 bridgehead atoms. The van der Waals surface area contributed by atoms with Gasteiger partial charge in [-0.3, -0.25) is 0 Å². The van der Waals surface area contributed by atoms with Crippen molar-refractivity contribution in [1.29, 1.82) is 0 Å². The van der Waals surface area contributed by atoms with Crippen LogP contribution in [0.15, 0.2) is 42.5 Å². The molecule has 3 heteroatoms. The van der Waals surface area contributed by atoms with Gasteiger partial charge in [-0.25, -0.2) is 4.39 Å². The van der Waals surface area contributed by atoms with E-state index >= 15 is 0 Å². The summed E-state index contributed by atoms with van der Waals surface area (Å²) in [6.45, 7) is 4.66. The average Bonchev–Trinajstić information content (AvgIpc) is 2.35. The Labute approximate surface area is 112 Å². The maximum absolute atomic E-state index is 13.2. The Bertz CT molecular complexity index is 548. The Hall–Kier alpha value is -1.87. The minimum absolute atomic E-state index is 0.0413. The average molecular weight is 259 g/mol. The highest BCUT2D eigenvalue weighted by Gasteiger charge is 2.07. The molecular formula is C16H18FNO. The number of nitrogens with one attached hydrogen (secondary N) is 1. The fourth-order valence-corrected chi connectivity index (χ4v) is 2.19. The second kappa shape index (κ2) is 5.85. The standard InChI is InChI=1S/C16H18FNO/c1-11-5-3-4-6-16(11)12(2)18-10-13-7-14(17)9-15(19)8-13/h3-9,12,18-19H,10H2,1-2H3. The van der Waals surface area contributed by atoms with Gasteiger partial charge in [0.2, 0.25) is 0 Å². The number of halogens is 1. The van der Waals surface area contributed by atoms with Crippen LogP contribution < -0.4 is 5.32 Å². The predicted molar refractivity (Wildman–Crippen MR) is 74.5 cm³/mol. The molecule has 2 aromatic rings. The zero-order valence-electron chi connectivity index (χ0n) is 11.2. The molecule has 0 radical (unpaired) electrons. The van der Waals surface area contributed by atoms with Crippen LogP contribution in [-0.4, -0.2) is 5.11 Å². The second-order valence-electron chi connectivity index (χ2n) is 4.78. The van der Waals surface area contributed by atoms with Gasteiger partial charge in [-0.2, -0.15) is 0 Å². The van der Waals surface area contributed by atoms with Crippen molar-refractivity contribution in [1.82, 2.24) is 5.32 Å². The molecule has 0 heterocycles. The highest BCUT2D eigenvalue weighted by Crippen LogP contribution is 2.19. The molecule has 0 aromatic heterocycles. The first-order valence-corrected chi connectivity index (χ1v) is 6.33. The van der Waals surface area contributed by atoms with E-state index in [9.17, 15) is 9.50 Å². The molecule has 1 unspecified atom stereocenters. The van der Waals surface area contributed by atoms with Gasteiger partial charge in [0.05, 0.1) is 0 Å². The Kier molecular flexibility index (Phi) is 4.17. The van der Waals surface area contributed by atoms with Crippen molar-refractivity contribution < 1.29 is 9.50 Å². The van der Waals surface area contributed by atoms with Crippen LogP contribution in [0.1, 0.15) is 29.7 Å². The summed E-state index contributed by atoms with van der Waals surface area (Å²) < 4.78 is 13.2. The molecular weight excluding hydrogens is 241 g/mol. The summed E-state index contributed by atoms with van der Waals surface area (Å²) in [5.41, 5.74) is 3.19. The second-order valence-corrected chi connectivity index (χ2v) is 4.78. The van der Waals surface area contributed by atoms with E-state index in [4.69, 9.17) is 0 Å². The maximum Gasteiger partial charge on any atom is 0.127 e. The molecule has 2 aromatic carbocycles. The first kappa shape index (κ1) is 13.6. The van der Waals surface area contributed by atoms with Crippen molar-refractivity contribution in [3.8, 4) is 5.75 Å². The summed E-state index contributed by atoms with van der Waals surface area (Å²) in [7, 11) is 0. The molecule has 100 valence electrons. The van der Waals surface area contributed by atoms with Crippen LogP contribution in [0.25, 0.3) is 0 Å². The quantitative estimate of drug-likeness (QED) is 0.877. The fourth-order valence-electron chi connectivity index (χ4n) is 2.19. The Morgan fingerprint density at radius 2 is 1.95 bits per heavy atom. The highest BCUT2D eigenvalue weighted by atomic mass is 19.1. The van der Waals surface area contributed by atoms with E-state index in [-0.39, 0.29) is 11.8 Å². The number of phenols is 1. The zero-order chi connectivity index (χ0) is 13.8. The third-order valence-corrected chi connectivity index (χ3v) is 3.21. The molecule has 2 nitrogen and oxygen atoms in total. The SMILES string of the molecule is Cc1ccccc1C(C)NCc1cc(O)cc(F)c1. The fraction of sp³-hybridized carbons (Fsp3) is 0.250. The van der Waals surface area contributed by atoms with E-state index in [1.54, 1.807) is 6.07 Å². The van der Waals surface area contributed by atoms with Crippen LogP contribution in [0.4, 0.5) is 4.39 Å². The summed E-state index contributed by atoms with van der Waals surface area (Å²) in [4.78, 5) is 0. The lowest BCUT2D eigenvalue weighted by Gasteiger charge is -2.16. The number of rotatable bonds is 4. The van der Waals surface area contributed by atoms with Gasteiger partial charge >= 0.3 is 0 Å². The summed E-state index contributed by atoms with van der Waals surface area (Å²) in [6.07, 6.45) is 0. The van der Waals surface area contributed by atoms with Gasteiger partial charge in [0.1, 0.15) is 11.6 Å². The van der Waals surface area contributed by atoms with E-state index in [2.05, 4.69) is 31.3 Å². The zero-order valence-corrected chi connectivity index (χ0v) is 11.2. The van der Waals surface area contributed by atoms with Gasteiger partial charge in [0, 0.05) is 18.7 Å². The number of hydrogen-bond acceptors (Lipinski definition) is 2. The lowest BCUT2D eigenvalue weighted by atomic mass is 10.0. The minimum atomic E-state index is -0.416. The Morgan fingerprint density at radius 3 is 2.63 bits per heavy atom. The van der Waals surface area contributed by atoms with E-state index in [1.807, 2.05) is 12.1 Å². The van der Waals surface area contributed by atoms with Crippen molar-refractivity contribution in [3.63, 3.8) is 0 Å². The van der Waals surface area contributed by atoms with Gasteiger partial charge in [-0.1, -0.05) is 24.3 Å². The molecule has 0 spiro atoms. The van der Waals surface area contributed by atoms with Crippen LogP contribution in [0.2, 0.25) is 0 Å². The van der Waals surface area contributed by atoms with Gasteiger partial charge < -0.3 is 10.4 Å². The molecule has 0 saturated heterocycles. The summed E-state index contributed by atoms with van der Waals surface area (Å²) in [6, 6.07) is 12.4. The largest absolute Gasteiger partial charge is 0.508 e. The molecule has 1 atom stereocenters. The maximum atomic E-state index is 13.2. The van der Waals surface area contributed by atoms with Crippen LogP contribution in [-0.2, 0) is 6.54 Å². The molecule has 0 aliphatic carbocycles. The molecule has 2 rings (SSSR count). The lowest BCUT2D eigenvalue weighted by molar-refractivity contribution is 0.466. The Balaban J connectivity index is 2.04. The third kappa shape index (κ3) is 3.55. The normalized spacial score (nSPS) is 12.4. The van der Waals surface area contributed by atoms with Crippen LogP contribution in [0, 0.1) is 12.7 Å². The highest BCUT2D eigenvalue weighted by molar-refractivity contribution is 5.30. The predicted octanol–water partition coefficient (Wildman–Crippen LogP) is 3.69. The topological polar surface area (TPSA) is 32.3 Å². The minimum Gasteiger partial charge on any atom is -0.508 e. The van der Waals surface area contributed by atoms with Crippen molar-refractivity contribution in [3.05, 3.63) is 65.0 Å². The van der Waals surface area contributed by atoms with E-state index in [0.29, 0.717) is 6.54 Å². The van der Waals surface area contributed by atoms with E-state index < -0.39 is 5.82 Å². The number of benzene rings is 2. The third-order valence-electron chi connectivity index (χ3n) is 3.21. The summed E-state index contributed by atoms with van der Waals surface area (Å²) in [5, 5.41) is 12.7. The van der Waals surface area contributed by atoms with Gasteiger partial charge in [0.15, 0.2) is 0 Å². The summed E-state index contributed by atoms with van der Waals surface area (Å²) in [5.74, 6) is -0.458. The summed E-state index contributed by atoms with van der Waals surface area (Å²) >= 11 is 0. The molecule has 0 saturated carbocycles. The number of phenolic OH excluding ortho intramolecular Hbond substituents is 1. The number of aryl methyl sites for hydroxylation is 1.